The molecule has 1 aromatic carbocycles. The van der Waals surface area contributed by atoms with Gasteiger partial charge in [-0.05, 0) is 71.4 Å². The molecule has 1 fully saturated rings. The molecule has 0 aromatic heterocycles. The van der Waals surface area contributed by atoms with Crippen molar-refractivity contribution in [1.29, 1.82) is 0 Å². The third-order valence-electron chi connectivity index (χ3n) is 4.48. The third-order valence-corrected chi connectivity index (χ3v) is 4.48. The summed E-state index contributed by atoms with van der Waals surface area (Å²) < 4.78 is 5.95. The minimum atomic E-state index is 0.0351. The first-order chi connectivity index (χ1) is 9.95. The lowest BCUT2D eigenvalue weighted by atomic mass is 9.87. The maximum Gasteiger partial charge on any atom is 0.120 e. The summed E-state index contributed by atoms with van der Waals surface area (Å²) in [5.74, 6) is 1.01. The lowest BCUT2D eigenvalue weighted by Crippen LogP contribution is -2.49. The molecule has 1 saturated carbocycles. The van der Waals surface area contributed by atoms with E-state index in [0.717, 1.165) is 18.7 Å². The lowest BCUT2D eigenvalue weighted by Gasteiger charge is -2.41. The van der Waals surface area contributed by atoms with Crippen molar-refractivity contribution >= 4 is 0 Å². The Hall–Kier alpha value is -1.06. The molecule has 118 valence electrons. The highest BCUT2D eigenvalue weighted by atomic mass is 16.5. The molecule has 0 spiro atoms. The molecule has 1 atom stereocenters. The summed E-state index contributed by atoms with van der Waals surface area (Å²) in [7, 11) is 4.29. The van der Waals surface area contributed by atoms with E-state index in [1.165, 1.54) is 18.4 Å². The molecule has 3 heteroatoms. The van der Waals surface area contributed by atoms with Gasteiger partial charge in [-0.25, -0.2) is 0 Å². The Bertz CT molecular complexity index is 452. The predicted octanol–water partition coefficient (Wildman–Crippen LogP) is 3.61. The fraction of sp³-hybridized carbons (Fsp3) is 0.667. The van der Waals surface area contributed by atoms with Gasteiger partial charge in [-0.15, -0.1) is 0 Å². The average molecular weight is 290 g/mol. The molecule has 0 heterocycles. The monoisotopic (exact) mass is 290 g/mol. The van der Waals surface area contributed by atoms with Crippen LogP contribution in [0.15, 0.2) is 24.3 Å². The smallest absolute Gasteiger partial charge is 0.120 e. The third kappa shape index (κ3) is 4.21. The fourth-order valence-electron chi connectivity index (χ4n) is 2.47. The van der Waals surface area contributed by atoms with Gasteiger partial charge in [-0.1, -0.05) is 19.1 Å². The normalized spacial score (nSPS) is 17.0. The molecule has 1 aromatic rings. The molecule has 0 radical (unpaired) electrons. The SMILES string of the molecule is CCCNC(c1cccc(OC2CC2)c1)C(C)(C)N(C)C. The summed E-state index contributed by atoms with van der Waals surface area (Å²) in [4.78, 5) is 2.29. The highest BCUT2D eigenvalue weighted by molar-refractivity contribution is 5.32. The minimum Gasteiger partial charge on any atom is -0.490 e. The molecular formula is C18H30N2O. The van der Waals surface area contributed by atoms with Crippen molar-refractivity contribution in [2.24, 2.45) is 0 Å². The zero-order chi connectivity index (χ0) is 15.5. The molecule has 2 rings (SSSR count). The Kier molecular flexibility index (Phi) is 5.28. The Morgan fingerprint density at radius 2 is 2.05 bits per heavy atom. The van der Waals surface area contributed by atoms with E-state index in [2.05, 4.69) is 69.3 Å². The Balaban J connectivity index is 2.22. The van der Waals surface area contributed by atoms with Crippen molar-refractivity contribution in [3.8, 4) is 5.75 Å². The molecule has 1 N–H and O–H groups in total. The summed E-state index contributed by atoms with van der Waals surface area (Å²) in [6, 6.07) is 8.88. The van der Waals surface area contributed by atoms with Crippen LogP contribution in [-0.2, 0) is 0 Å². The molecule has 0 amide bonds. The van der Waals surface area contributed by atoms with Gasteiger partial charge in [-0.3, -0.25) is 0 Å². The van der Waals surface area contributed by atoms with E-state index in [1.807, 2.05) is 0 Å². The lowest BCUT2D eigenvalue weighted by molar-refractivity contribution is 0.138. The highest BCUT2D eigenvalue weighted by Gasteiger charge is 2.33. The van der Waals surface area contributed by atoms with Crippen LogP contribution in [0.1, 0.15) is 51.6 Å². The van der Waals surface area contributed by atoms with Gasteiger partial charge in [-0.2, -0.15) is 0 Å². The zero-order valence-electron chi connectivity index (χ0n) is 14.1. The van der Waals surface area contributed by atoms with Gasteiger partial charge in [0.15, 0.2) is 0 Å². The number of hydrogen-bond donors (Lipinski definition) is 1. The van der Waals surface area contributed by atoms with Crippen molar-refractivity contribution in [3.05, 3.63) is 29.8 Å². The van der Waals surface area contributed by atoms with Crippen LogP contribution in [0.25, 0.3) is 0 Å². The maximum absolute atomic E-state index is 5.95. The topological polar surface area (TPSA) is 24.5 Å². The molecule has 3 nitrogen and oxygen atoms in total. The van der Waals surface area contributed by atoms with Crippen LogP contribution < -0.4 is 10.1 Å². The second kappa shape index (κ2) is 6.80. The van der Waals surface area contributed by atoms with Crippen molar-refractivity contribution in [2.45, 2.75) is 57.7 Å². The van der Waals surface area contributed by atoms with E-state index in [-0.39, 0.29) is 11.6 Å². The first-order valence-corrected chi connectivity index (χ1v) is 8.12. The van der Waals surface area contributed by atoms with Gasteiger partial charge in [0.25, 0.3) is 0 Å². The quantitative estimate of drug-likeness (QED) is 0.791. The van der Waals surface area contributed by atoms with Crippen LogP contribution in [0, 0.1) is 0 Å². The minimum absolute atomic E-state index is 0.0351. The first kappa shape index (κ1) is 16.3. The van der Waals surface area contributed by atoms with Crippen LogP contribution in [0.2, 0.25) is 0 Å². The van der Waals surface area contributed by atoms with Gasteiger partial charge in [0.05, 0.1) is 12.1 Å². The molecule has 21 heavy (non-hydrogen) atoms. The first-order valence-electron chi connectivity index (χ1n) is 8.12. The summed E-state index contributed by atoms with van der Waals surface area (Å²) >= 11 is 0. The van der Waals surface area contributed by atoms with E-state index in [0.29, 0.717) is 6.10 Å². The van der Waals surface area contributed by atoms with Gasteiger partial charge in [0, 0.05) is 5.54 Å². The predicted molar refractivity (Wildman–Crippen MR) is 88.9 cm³/mol. The second-order valence-corrected chi connectivity index (χ2v) is 6.82. The fourth-order valence-corrected chi connectivity index (χ4v) is 2.47. The number of rotatable bonds is 8. The van der Waals surface area contributed by atoms with Crippen LogP contribution in [-0.4, -0.2) is 37.2 Å². The van der Waals surface area contributed by atoms with Crippen molar-refractivity contribution < 1.29 is 4.74 Å². The number of nitrogens with one attached hydrogen (secondary N) is 1. The van der Waals surface area contributed by atoms with E-state index < -0.39 is 0 Å². The Labute approximate surface area is 129 Å². The van der Waals surface area contributed by atoms with Crippen molar-refractivity contribution in [2.75, 3.05) is 20.6 Å². The van der Waals surface area contributed by atoms with Crippen molar-refractivity contribution in [1.82, 2.24) is 10.2 Å². The van der Waals surface area contributed by atoms with Crippen LogP contribution in [0.5, 0.6) is 5.75 Å². The van der Waals surface area contributed by atoms with Gasteiger partial charge in [0.1, 0.15) is 5.75 Å². The number of ether oxygens (including phenoxy) is 1. The number of nitrogens with zero attached hydrogens (tertiary/aromatic N) is 1. The van der Waals surface area contributed by atoms with Crippen molar-refractivity contribution in [3.63, 3.8) is 0 Å². The summed E-state index contributed by atoms with van der Waals surface area (Å²) in [6.07, 6.45) is 3.98. The van der Waals surface area contributed by atoms with E-state index in [4.69, 9.17) is 4.74 Å². The van der Waals surface area contributed by atoms with Gasteiger partial charge in [0.2, 0.25) is 0 Å². The van der Waals surface area contributed by atoms with Crippen LogP contribution >= 0.6 is 0 Å². The summed E-state index contributed by atoms with van der Waals surface area (Å²) in [6.45, 7) is 7.80. The number of hydrogen-bond acceptors (Lipinski definition) is 3. The summed E-state index contributed by atoms with van der Waals surface area (Å²) in [5.41, 5.74) is 1.34. The number of likely N-dealkylation sites (N-methyl/N-ethyl adjacent to an activating group) is 1. The zero-order valence-corrected chi connectivity index (χ0v) is 14.1. The van der Waals surface area contributed by atoms with Crippen LogP contribution in [0.3, 0.4) is 0 Å². The van der Waals surface area contributed by atoms with E-state index >= 15 is 0 Å². The summed E-state index contributed by atoms with van der Waals surface area (Å²) in [5, 5.41) is 3.71. The largest absolute Gasteiger partial charge is 0.490 e. The molecule has 1 aliphatic rings. The van der Waals surface area contributed by atoms with Crippen LogP contribution in [0.4, 0.5) is 0 Å². The Morgan fingerprint density at radius 3 is 2.62 bits per heavy atom. The molecule has 0 aliphatic heterocycles. The maximum atomic E-state index is 5.95. The molecule has 1 aliphatic carbocycles. The molecule has 0 saturated heterocycles. The van der Waals surface area contributed by atoms with E-state index in [9.17, 15) is 0 Å². The molecule has 1 unspecified atom stereocenters. The molecular weight excluding hydrogens is 260 g/mol. The van der Waals surface area contributed by atoms with E-state index in [1.54, 1.807) is 0 Å². The average Bonchev–Trinajstić information content (AvgIpc) is 3.23. The number of benzene rings is 1. The Morgan fingerprint density at radius 1 is 1.33 bits per heavy atom. The molecule has 0 bridgehead atoms. The highest BCUT2D eigenvalue weighted by Crippen LogP contribution is 2.33. The van der Waals surface area contributed by atoms with Gasteiger partial charge >= 0.3 is 0 Å². The standard InChI is InChI=1S/C18H30N2O/c1-6-12-19-17(18(2,3)20(4)5)14-8-7-9-16(13-14)21-15-10-11-15/h7-9,13,15,17,19H,6,10-12H2,1-5H3. The second-order valence-electron chi connectivity index (χ2n) is 6.82. The van der Waals surface area contributed by atoms with Gasteiger partial charge < -0.3 is 15.0 Å².